The molecule has 0 atom stereocenters. The zero-order valence-electron chi connectivity index (χ0n) is 8.54. The van der Waals surface area contributed by atoms with E-state index in [9.17, 15) is 9.18 Å². The second kappa shape index (κ2) is 5.71. The summed E-state index contributed by atoms with van der Waals surface area (Å²) >= 11 is 5.45. The predicted molar refractivity (Wildman–Crippen MR) is 58.2 cm³/mol. The molecule has 0 aliphatic rings. The molecule has 82 valence electrons. The van der Waals surface area contributed by atoms with Gasteiger partial charge in [0.05, 0.1) is 0 Å². The molecule has 0 saturated carbocycles. The first-order valence-corrected chi connectivity index (χ1v) is 5.29. The Balaban J connectivity index is 2.75. The first kappa shape index (κ1) is 12.0. The standard InChI is InChI=1S/C11H13ClFNO/c1-2-14(11(15)7-12)8-9-5-3-4-6-10(9)13/h3-6H,2,7-8H2,1H3. The smallest absolute Gasteiger partial charge is 0.237 e. The lowest BCUT2D eigenvalue weighted by atomic mass is 10.2. The minimum atomic E-state index is -0.293. The van der Waals surface area contributed by atoms with E-state index >= 15 is 0 Å². The fourth-order valence-corrected chi connectivity index (χ4v) is 1.46. The average Bonchev–Trinajstić information content (AvgIpc) is 2.27. The molecule has 0 aliphatic carbocycles. The van der Waals surface area contributed by atoms with Crippen LogP contribution in [-0.4, -0.2) is 23.2 Å². The van der Waals surface area contributed by atoms with Crippen LogP contribution in [0.2, 0.25) is 0 Å². The fourth-order valence-electron chi connectivity index (χ4n) is 1.29. The Hall–Kier alpha value is -1.09. The lowest BCUT2D eigenvalue weighted by Crippen LogP contribution is -2.31. The van der Waals surface area contributed by atoms with Crippen LogP contribution in [0, 0.1) is 5.82 Å². The number of rotatable bonds is 4. The summed E-state index contributed by atoms with van der Waals surface area (Å²) in [6, 6.07) is 6.42. The largest absolute Gasteiger partial charge is 0.338 e. The van der Waals surface area contributed by atoms with Crippen LogP contribution in [0.25, 0.3) is 0 Å². The molecule has 0 saturated heterocycles. The Morgan fingerprint density at radius 3 is 2.67 bits per heavy atom. The molecule has 0 heterocycles. The van der Waals surface area contributed by atoms with Gasteiger partial charge in [0.15, 0.2) is 0 Å². The third kappa shape index (κ3) is 3.20. The molecule has 4 heteroatoms. The topological polar surface area (TPSA) is 20.3 Å². The van der Waals surface area contributed by atoms with Crippen molar-refractivity contribution in [2.24, 2.45) is 0 Å². The summed E-state index contributed by atoms with van der Waals surface area (Å²) in [6.07, 6.45) is 0. The Morgan fingerprint density at radius 1 is 1.47 bits per heavy atom. The van der Waals surface area contributed by atoms with Crippen LogP contribution in [-0.2, 0) is 11.3 Å². The van der Waals surface area contributed by atoms with Gasteiger partial charge in [0.25, 0.3) is 0 Å². The van der Waals surface area contributed by atoms with Crippen molar-refractivity contribution >= 4 is 17.5 Å². The first-order valence-electron chi connectivity index (χ1n) is 4.76. The van der Waals surface area contributed by atoms with Crippen LogP contribution in [0.4, 0.5) is 4.39 Å². The van der Waals surface area contributed by atoms with Gasteiger partial charge in [0.1, 0.15) is 11.7 Å². The highest BCUT2D eigenvalue weighted by Gasteiger charge is 2.12. The lowest BCUT2D eigenvalue weighted by Gasteiger charge is -2.19. The second-order valence-electron chi connectivity index (χ2n) is 3.13. The number of halogens is 2. The van der Waals surface area contributed by atoms with E-state index in [1.165, 1.54) is 11.0 Å². The molecule has 15 heavy (non-hydrogen) atoms. The minimum Gasteiger partial charge on any atom is -0.338 e. The summed E-state index contributed by atoms with van der Waals surface area (Å²) in [6.45, 7) is 2.64. The molecule has 0 radical (unpaired) electrons. The SMILES string of the molecule is CCN(Cc1ccccc1F)C(=O)CCl. The normalized spacial score (nSPS) is 10.1. The minimum absolute atomic E-state index is 0.0672. The number of hydrogen-bond donors (Lipinski definition) is 0. The van der Waals surface area contributed by atoms with Gasteiger partial charge in [-0.1, -0.05) is 18.2 Å². The zero-order chi connectivity index (χ0) is 11.3. The number of nitrogens with zero attached hydrogens (tertiary/aromatic N) is 1. The van der Waals surface area contributed by atoms with E-state index in [1.807, 2.05) is 6.92 Å². The van der Waals surface area contributed by atoms with Crippen LogP contribution in [0.1, 0.15) is 12.5 Å². The van der Waals surface area contributed by atoms with Gasteiger partial charge >= 0.3 is 0 Å². The highest BCUT2D eigenvalue weighted by molar-refractivity contribution is 6.27. The van der Waals surface area contributed by atoms with Gasteiger partial charge in [-0.05, 0) is 13.0 Å². The van der Waals surface area contributed by atoms with Crippen molar-refractivity contribution in [3.8, 4) is 0 Å². The molecule has 0 aromatic heterocycles. The van der Waals surface area contributed by atoms with E-state index in [-0.39, 0.29) is 24.1 Å². The van der Waals surface area contributed by atoms with Gasteiger partial charge in [0, 0.05) is 18.7 Å². The molecule has 0 spiro atoms. The Kier molecular flexibility index (Phi) is 4.56. The fraction of sp³-hybridized carbons (Fsp3) is 0.364. The number of hydrogen-bond acceptors (Lipinski definition) is 1. The molecule has 1 rings (SSSR count). The summed E-state index contributed by atoms with van der Waals surface area (Å²) < 4.78 is 13.3. The van der Waals surface area contributed by atoms with E-state index in [0.29, 0.717) is 12.1 Å². The number of alkyl halides is 1. The molecule has 2 nitrogen and oxygen atoms in total. The van der Waals surface area contributed by atoms with Crippen molar-refractivity contribution in [1.29, 1.82) is 0 Å². The Morgan fingerprint density at radius 2 is 2.13 bits per heavy atom. The van der Waals surface area contributed by atoms with Crippen LogP contribution in [0.15, 0.2) is 24.3 Å². The molecule has 1 amide bonds. The molecule has 0 N–H and O–H groups in total. The first-order chi connectivity index (χ1) is 7.19. The van der Waals surface area contributed by atoms with Crippen molar-refractivity contribution < 1.29 is 9.18 Å². The predicted octanol–water partition coefficient (Wildman–Crippen LogP) is 2.41. The number of benzene rings is 1. The summed E-state index contributed by atoms with van der Waals surface area (Å²) in [7, 11) is 0. The van der Waals surface area contributed by atoms with E-state index in [4.69, 9.17) is 11.6 Å². The maximum absolute atomic E-state index is 13.3. The van der Waals surface area contributed by atoms with E-state index < -0.39 is 0 Å². The maximum atomic E-state index is 13.3. The molecule has 1 aromatic carbocycles. The van der Waals surface area contributed by atoms with Gasteiger partial charge in [-0.15, -0.1) is 11.6 Å². The molecular weight excluding hydrogens is 217 g/mol. The van der Waals surface area contributed by atoms with Gasteiger partial charge in [-0.2, -0.15) is 0 Å². The molecule has 0 bridgehead atoms. The zero-order valence-corrected chi connectivity index (χ0v) is 9.30. The second-order valence-corrected chi connectivity index (χ2v) is 3.40. The van der Waals surface area contributed by atoms with E-state index in [2.05, 4.69) is 0 Å². The highest BCUT2D eigenvalue weighted by Crippen LogP contribution is 2.10. The van der Waals surface area contributed by atoms with Gasteiger partial charge in [0.2, 0.25) is 5.91 Å². The summed E-state index contributed by atoms with van der Waals surface area (Å²) in [5.41, 5.74) is 0.512. The van der Waals surface area contributed by atoms with E-state index in [1.54, 1.807) is 18.2 Å². The van der Waals surface area contributed by atoms with E-state index in [0.717, 1.165) is 0 Å². The Bertz CT molecular complexity index is 343. The Labute approximate surface area is 93.6 Å². The van der Waals surface area contributed by atoms with Gasteiger partial charge in [-0.25, -0.2) is 4.39 Å². The summed E-state index contributed by atoms with van der Waals surface area (Å²) in [5, 5.41) is 0. The van der Waals surface area contributed by atoms with Gasteiger partial charge in [-0.3, -0.25) is 4.79 Å². The quantitative estimate of drug-likeness (QED) is 0.727. The third-order valence-electron chi connectivity index (χ3n) is 2.17. The molecule has 0 aliphatic heterocycles. The molecule has 1 aromatic rings. The highest BCUT2D eigenvalue weighted by atomic mass is 35.5. The number of carbonyl (C=O) groups excluding carboxylic acids is 1. The average molecular weight is 230 g/mol. The van der Waals surface area contributed by atoms with Crippen LogP contribution >= 0.6 is 11.6 Å². The van der Waals surface area contributed by atoms with Crippen molar-refractivity contribution in [3.63, 3.8) is 0 Å². The summed E-state index contributed by atoms with van der Waals surface area (Å²) in [4.78, 5) is 12.8. The lowest BCUT2D eigenvalue weighted by molar-refractivity contribution is -0.128. The molecule has 0 unspecified atom stereocenters. The van der Waals surface area contributed by atoms with Crippen molar-refractivity contribution in [2.45, 2.75) is 13.5 Å². The van der Waals surface area contributed by atoms with Crippen LogP contribution < -0.4 is 0 Å². The molecular formula is C11H13ClFNO. The monoisotopic (exact) mass is 229 g/mol. The maximum Gasteiger partial charge on any atom is 0.237 e. The molecule has 0 fully saturated rings. The van der Waals surface area contributed by atoms with Crippen molar-refractivity contribution in [2.75, 3.05) is 12.4 Å². The number of carbonyl (C=O) groups is 1. The van der Waals surface area contributed by atoms with Crippen LogP contribution in [0.3, 0.4) is 0 Å². The third-order valence-corrected chi connectivity index (χ3v) is 2.40. The van der Waals surface area contributed by atoms with Crippen molar-refractivity contribution in [3.05, 3.63) is 35.6 Å². The van der Waals surface area contributed by atoms with Crippen LogP contribution in [0.5, 0.6) is 0 Å². The van der Waals surface area contributed by atoms with Crippen molar-refractivity contribution in [1.82, 2.24) is 4.90 Å². The van der Waals surface area contributed by atoms with Gasteiger partial charge < -0.3 is 4.90 Å². The summed E-state index contributed by atoms with van der Waals surface area (Å²) in [5.74, 6) is -0.539. The number of amides is 1.